The molecule has 0 bridgehead atoms. The molecule has 1 aromatic rings. The minimum absolute atomic E-state index is 0.239. The molecule has 1 unspecified atom stereocenters. The second kappa shape index (κ2) is 8.07. The summed E-state index contributed by atoms with van der Waals surface area (Å²) in [6.07, 6.45) is 0.0550. The van der Waals surface area contributed by atoms with E-state index in [1.54, 1.807) is 5.32 Å². The normalized spacial score (nSPS) is 33.0. The predicted molar refractivity (Wildman–Crippen MR) is 110 cm³/mol. The fourth-order valence-electron chi connectivity index (χ4n) is 4.42. The summed E-state index contributed by atoms with van der Waals surface area (Å²) < 4.78 is 53.8. The molecule has 2 saturated heterocycles. The van der Waals surface area contributed by atoms with Crippen LogP contribution in [0.1, 0.15) is 38.1 Å². The Morgan fingerprint density at radius 1 is 1.29 bits per heavy atom. The zero-order valence-electron chi connectivity index (χ0n) is 19.8. The van der Waals surface area contributed by atoms with Crippen LogP contribution in [0.25, 0.3) is 0 Å². The van der Waals surface area contributed by atoms with Gasteiger partial charge in [0.2, 0.25) is 17.3 Å². The first-order chi connectivity index (χ1) is 15.9. The summed E-state index contributed by atoms with van der Waals surface area (Å²) in [4.78, 5) is 50.8. The lowest BCUT2D eigenvalue weighted by molar-refractivity contribution is -0.671. The number of aliphatic hydroxyl groups excluding tert-OH is 1. The van der Waals surface area contributed by atoms with E-state index in [2.05, 4.69) is 0 Å². The first-order valence-corrected chi connectivity index (χ1v) is 10.6. The van der Waals surface area contributed by atoms with Crippen molar-refractivity contribution in [1.29, 1.82) is 0 Å². The summed E-state index contributed by atoms with van der Waals surface area (Å²) in [5, 5.41) is 22.3. The number of hydrogen-bond acceptors (Lipinski definition) is 7. The van der Waals surface area contributed by atoms with Gasteiger partial charge in [0.25, 0.3) is 0 Å². The van der Waals surface area contributed by atoms with Crippen LogP contribution >= 0.6 is 0 Å². The molecule has 10 nitrogen and oxygen atoms in total. The van der Waals surface area contributed by atoms with Gasteiger partial charge in [-0.1, -0.05) is 20.8 Å². The summed E-state index contributed by atoms with van der Waals surface area (Å²) in [5.41, 5.74) is -7.75. The fourth-order valence-corrected chi connectivity index (χ4v) is 4.42. The SMILES string of the molecule is C[n+]1cccc(C(=O)[C@@]2(O)[C@@H](CO)O[C@@](F)(N3CC(C)(C(=O)C(C)(C)C)C(=O)NC3=O)C2(F)F)c1. The molecule has 0 spiro atoms. The number of pyridine rings is 1. The lowest BCUT2D eigenvalue weighted by Crippen LogP contribution is -2.73. The second-order valence-electron chi connectivity index (χ2n) is 10.0. The highest BCUT2D eigenvalue weighted by Crippen LogP contribution is 2.55. The van der Waals surface area contributed by atoms with Crippen LogP contribution in [0.5, 0.6) is 0 Å². The van der Waals surface area contributed by atoms with E-state index in [1.807, 2.05) is 0 Å². The number of carbonyl (C=O) groups is 4. The number of aryl methyl sites for hydroxylation is 1. The maximum Gasteiger partial charge on any atom is 0.363 e. The van der Waals surface area contributed by atoms with E-state index < -0.39 is 76.7 Å². The number of alkyl halides is 3. The third-order valence-electron chi connectivity index (χ3n) is 6.31. The number of ketones is 2. The van der Waals surface area contributed by atoms with Gasteiger partial charge in [0.15, 0.2) is 18.2 Å². The van der Waals surface area contributed by atoms with E-state index in [4.69, 9.17) is 4.74 Å². The molecule has 35 heavy (non-hydrogen) atoms. The van der Waals surface area contributed by atoms with Crippen LogP contribution in [0.2, 0.25) is 0 Å². The van der Waals surface area contributed by atoms with Crippen molar-refractivity contribution in [3.63, 3.8) is 0 Å². The van der Waals surface area contributed by atoms with Crippen LogP contribution in [-0.2, 0) is 21.4 Å². The van der Waals surface area contributed by atoms with E-state index in [9.17, 15) is 29.4 Å². The molecule has 0 saturated carbocycles. The number of imide groups is 1. The largest absolute Gasteiger partial charge is 0.394 e. The van der Waals surface area contributed by atoms with Crippen molar-refractivity contribution in [2.45, 2.75) is 51.3 Å². The summed E-state index contributed by atoms with van der Waals surface area (Å²) in [7, 11) is 1.47. The van der Waals surface area contributed by atoms with Gasteiger partial charge in [0, 0.05) is 18.0 Å². The maximum atomic E-state index is 16.2. The molecular formula is C22H27F3N3O7+. The van der Waals surface area contributed by atoms with Gasteiger partial charge in [-0.05, 0) is 13.0 Å². The van der Waals surface area contributed by atoms with Crippen molar-refractivity contribution in [1.82, 2.24) is 10.2 Å². The second-order valence-corrected chi connectivity index (χ2v) is 10.0. The first kappa shape index (κ1) is 26.7. The molecule has 0 aliphatic carbocycles. The lowest BCUT2D eigenvalue weighted by Gasteiger charge is -2.45. The molecule has 3 rings (SSSR count). The number of aromatic nitrogens is 1. The molecule has 13 heteroatoms. The minimum Gasteiger partial charge on any atom is -0.394 e. The fraction of sp³-hybridized carbons (Fsp3) is 0.591. The van der Waals surface area contributed by atoms with Crippen LogP contribution in [-0.4, -0.2) is 75.4 Å². The molecule has 0 radical (unpaired) electrons. The van der Waals surface area contributed by atoms with E-state index in [1.165, 1.54) is 44.6 Å². The number of hydrogen-bond donors (Lipinski definition) is 3. The van der Waals surface area contributed by atoms with Crippen LogP contribution in [0.3, 0.4) is 0 Å². The van der Waals surface area contributed by atoms with Gasteiger partial charge in [0.1, 0.15) is 18.6 Å². The Morgan fingerprint density at radius 2 is 1.89 bits per heavy atom. The van der Waals surface area contributed by atoms with Crippen molar-refractivity contribution < 1.29 is 51.9 Å². The van der Waals surface area contributed by atoms with Gasteiger partial charge in [-0.15, -0.1) is 0 Å². The monoisotopic (exact) mass is 502 g/mol. The Bertz CT molecular complexity index is 1110. The van der Waals surface area contributed by atoms with Crippen molar-refractivity contribution in [2.75, 3.05) is 13.2 Å². The number of ether oxygens (including phenoxy) is 1. The predicted octanol–water partition coefficient (Wildman–Crippen LogP) is 0.248. The summed E-state index contributed by atoms with van der Waals surface area (Å²) in [6.45, 7) is 2.78. The molecule has 2 aliphatic heterocycles. The Morgan fingerprint density at radius 3 is 2.40 bits per heavy atom. The number of Topliss-reactive ketones (excluding diaryl/α,β-unsaturated/α-hetero) is 2. The van der Waals surface area contributed by atoms with Gasteiger partial charge in [-0.3, -0.25) is 24.6 Å². The Kier molecular flexibility index (Phi) is 6.15. The average Bonchev–Trinajstić information content (AvgIpc) is 2.92. The number of nitrogens with zero attached hydrogens (tertiary/aromatic N) is 2. The van der Waals surface area contributed by atoms with E-state index in [0.717, 1.165) is 19.2 Å². The van der Waals surface area contributed by atoms with Crippen LogP contribution in [0.15, 0.2) is 24.5 Å². The molecular weight excluding hydrogens is 475 g/mol. The number of amides is 3. The quantitative estimate of drug-likeness (QED) is 0.227. The highest BCUT2D eigenvalue weighted by Gasteiger charge is 2.84. The maximum absolute atomic E-state index is 16.2. The Balaban J connectivity index is 2.12. The van der Waals surface area contributed by atoms with E-state index >= 15 is 13.2 Å². The van der Waals surface area contributed by atoms with E-state index in [0.29, 0.717) is 0 Å². The van der Waals surface area contributed by atoms with E-state index in [-0.39, 0.29) is 4.90 Å². The van der Waals surface area contributed by atoms with Gasteiger partial charge < -0.3 is 14.9 Å². The van der Waals surface area contributed by atoms with Crippen LogP contribution < -0.4 is 9.88 Å². The van der Waals surface area contributed by atoms with Gasteiger partial charge in [-0.25, -0.2) is 9.36 Å². The number of aliphatic hydroxyl groups is 2. The first-order valence-electron chi connectivity index (χ1n) is 10.6. The summed E-state index contributed by atoms with van der Waals surface area (Å²) >= 11 is 0. The average molecular weight is 502 g/mol. The lowest BCUT2D eigenvalue weighted by atomic mass is 9.71. The number of rotatable bonds is 5. The molecule has 3 N–H and O–H groups in total. The molecule has 192 valence electrons. The molecule has 2 aliphatic rings. The van der Waals surface area contributed by atoms with Crippen molar-refractivity contribution in [2.24, 2.45) is 17.9 Å². The summed E-state index contributed by atoms with van der Waals surface area (Å²) in [5.74, 6) is -13.2. The van der Waals surface area contributed by atoms with Gasteiger partial charge >= 0.3 is 17.9 Å². The molecule has 0 aromatic carbocycles. The highest BCUT2D eigenvalue weighted by atomic mass is 19.3. The van der Waals surface area contributed by atoms with Crippen molar-refractivity contribution in [3.05, 3.63) is 30.1 Å². The standard InChI is InChI=1S/C22H26F3N3O7/c1-18(2,3)15(31)19(4)11-28(17(33)26-16(19)32)22(25)21(23,24)20(34,13(10-29)35-22)14(30)12-7-6-8-27(5)9-12/h6-9,13,29,34H,10-11H2,1-5H3/p+1/t13-,19?,20+,22+/m1/s1. The van der Waals surface area contributed by atoms with Gasteiger partial charge in [0.05, 0.1) is 12.2 Å². The summed E-state index contributed by atoms with van der Waals surface area (Å²) in [6, 6.07) is 0.735. The molecule has 3 amide bonds. The topological polar surface area (TPSA) is 137 Å². The number of urea groups is 1. The number of carbonyl (C=O) groups excluding carboxylic acids is 4. The number of halogens is 3. The molecule has 2 fully saturated rings. The smallest absolute Gasteiger partial charge is 0.363 e. The third-order valence-corrected chi connectivity index (χ3v) is 6.31. The number of nitrogens with one attached hydrogen (secondary N) is 1. The molecule has 1 aromatic heterocycles. The third kappa shape index (κ3) is 3.64. The highest BCUT2D eigenvalue weighted by molar-refractivity contribution is 6.14. The zero-order valence-corrected chi connectivity index (χ0v) is 19.8. The molecule has 3 heterocycles. The van der Waals surface area contributed by atoms with Crippen molar-refractivity contribution >= 4 is 23.5 Å². The van der Waals surface area contributed by atoms with Crippen LogP contribution in [0, 0.1) is 10.8 Å². The minimum atomic E-state index is -5.15. The molecule has 4 atom stereocenters. The van der Waals surface area contributed by atoms with Crippen molar-refractivity contribution in [3.8, 4) is 0 Å². The Labute approximate surface area is 198 Å². The van der Waals surface area contributed by atoms with Gasteiger partial charge in [-0.2, -0.15) is 13.2 Å². The Hall–Kier alpha value is -2.90. The van der Waals surface area contributed by atoms with Crippen LogP contribution in [0.4, 0.5) is 18.0 Å². The zero-order chi connectivity index (χ0) is 26.8.